The van der Waals surface area contributed by atoms with Crippen LogP contribution in [0.25, 0.3) is 20.8 Å². The highest BCUT2D eigenvalue weighted by molar-refractivity contribution is 7.98. The van der Waals surface area contributed by atoms with Crippen molar-refractivity contribution in [2.45, 2.75) is 4.90 Å². The molecular formula is C15H11NO2S2. The molecule has 0 radical (unpaired) electrons. The van der Waals surface area contributed by atoms with E-state index in [-0.39, 0.29) is 0 Å². The van der Waals surface area contributed by atoms with Gasteiger partial charge in [0.05, 0.1) is 15.8 Å². The lowest BCUT2D eigenvalue weighted by Gasteiger charge is -2.02. The normalized spacial score (nSPS) is 10.8. The molecule has 20 heavy (non-hydrogen) atoms. The summed E-state index contributed by atoms with van der Waals surface area (Å²) in [5.41, 5.74) is 2.23. The third-order valence-electron chi connectivity index (χ3n) is 2.97. The minimum atomic E-state index is -0.911. The van der Waals surface area contributed by atoms with E-state index in [1.165, 1.54) is 16.2 Å². The Labute approximate surface area is 124 Å². The molecule has 0 fully saturated rings. The van der Waals surface area contributed by atoms with Gasteiger partial charge in [-0.15, -0.1) is 23.1 Å². The molecule has 0 aliphatic rings. The van der Waals surface area contributed by atoms with E-state index in [0.29, 0.717) is 5.56 Å². The van der Waals surface area contributed by atoms with Gasteiger partial charge < -0.3 is 5.11 Å². The van der Waals surface area contributed by atoms with Crippen LogP contribution in [0.1, 0.15) is 10.4 Å². The van der Waals surface area contributed by atoms with Crippen molar-refractivity contribution in [2.24, 2.45) is 0 Å². The van der Waals surface area contributed by atoms with Gasteiger partial charge in [-0.05, 0) is 30.5 Å². The van der Waals surface area contributed by atoms with Crippen molar-refractivity contribution in [3.63, 3.8) is 0 Å². The van der Waals surface area contributed by atoms with Gasteiger partial charge in [-0.2, -0.15) is 0 Å². The number of thioether (sulfide) groups is 1. The van der Waals surface area contributed by atoms with Crippen LogP contribution < -0.4 is 0 Å². The maximum Gasteiger partial charge on any atom is 0.335 e. The van der Waals surface area contributed by atoms with E-state index in [1.54, 1.807) is 30.0 Å². The number of carbonyl (C=O) groups is 1. The number of aromatic carboxylic acids is 1. The second kappa shape index (κ2) is 5.26. The number of carboxylic acids is 1. The SMILES string of the molecule is CSc1ccccc1-c1nc2ccc(C(=O)O)cc2s1. The smallest absolute Gasteiger partial charge is 0.335 e. The van der Waals surface area contributed by atoms with Gasteiger partial charge in [0, 0.05) is 10.5 Å². The zero-order valence-electron chi connectivity index (χ0n) is 10.7. The standard InChI is InChI=1S/C15H11NO2S2/c1-19-12-5-3-2-4-10(12)14-16-11-7-6-9(15(17)18)8-13(11)20-14/h2-8H,1H3,(H,17,18). The van der Waals surface area contributed by atoms with Crippen LogP contribution in [-0.4, -0.2) is 22.3 Å². The van der Waals surface area contributed by atoms with Gasteiger partial charge in [-0.3, -0.25) is 0 Å². The summed E-state index contributed by atoms with van der Waals surface area (Å²) in [4.78, 5) is 16.8. The third kappa shape index (κ3) is 2.30. The highest BCUT2D eigenvalue weighted by Gasteiger charge is 2.11. The van der Waals surface area contributed by atoms with Gasteiger partial charge in [-0.1, -0.05) is 18.2 Å². The molecule has 100 valence electrons. The quantitative estimate of drug-likeness (QED) is 0.729. The lowest BCUT2D eigenvalue weighted by Crippen LogP contribution is -1.94. The first-order chi connectivity index (χ1) is 9.69. The summed E-state index contributed by atoms with van der Waals surface area (Å²) < 4.78 is 0.899. The zero-order valence-corrected chi connectivity index (χ0v) is 12.3. The Kier molecular flexibility index (Phi) is 3.46. The molecule has 1 aromatic heterocycles. The molecule has 0 spiro atoms. The minimum absolute atomic E-state index is 0.297. The summed E-state index contributed by atoms with van der Waals surface area (Å²) in [6, 6.07) is 13.1. The van der Waals surface area contributed by atoms with Crippen molar-refractivity contribution in [3.8, 4) is 10.6 Å². The number of hydrogen-bond donors (Lipinski definition) is 1. The van der Waals surface area contributed by atoms with E-state index >= 15 is 0 Å². The molecular weight excluding hydrogens is 290 g/mol. The molecule has 0 aliphatic carbocycles. The molecule has 3 aromatic rings. The fraction of sp³-hybridized carbons (Fsp3) is 0.0667. The molecule has 0 atom stereocenters. The van der Waals surface area contributed by atoms with Crippen LogP contribution in [0.4, 0.5) is 0 Å². The summed E-state index contributed by atoms with van der Waals surface area (Å²) in [7, 11) is 0. The van der Waals surface area contributed by atoms with E-state index in [0.717, 1.165) is 20.8 Å². The Hall–Kier alpha value is -1.85. The molecule has 0 saturated heterocycles. The summed E-state index contributed by atoms with van der Waals surface area (Å²) in [6.45, 7) is 0. The van der Waals surface area contributed by atoms with E-state index in [2.05, 4.69) is 11.1 Å². The number of hydrogen-bond acceptors (Lipinski definition) is 4. The van der Waals surface area contributed by atoms with Gasteiger partial charge in [0.25, 0.3) is 0 Å². The molecule has 0 unspecified atom stereocenters. The van der Waals surface area contributed by atoms with Crippen LogP contribution in [0.5, 0.6) is 0 Å². The maximum atomic E-state index is 11.0. The average molecular weight is 301 g/mol. The lowest BCUT2D eigenvalue weighted by molar-refractivity contribution is 0.0697. The Morgan fingerprint density at radius 2 is 2.05 bits per heavy atom. The second-order valence-corrected chi connectivity index (χ2v) is 6.09. The second-order valence-electron chi connectivity index (χ2n) is 4.21. The Bertz CT molecular complexity index is 795. The van der Waals surface area contributed by atoms with Crippen LogP contribution in [0.2, 0.25) is 0 Å². The van der Waals surface area contributed by atoms with Crippen molar-refractivity contribution in [1.29, 1.82) is 0 Å². The molecule has 5 heteroatoms. The third-order valence-corrected chi connectivity index (χ3v) is 4.82. The summed E-state index contributed by atoms with van der Waals surface area (Å²) in [5, 5.41) is 9.95. The van der Waals surface area contributed by atoms with Gasteiger partial charge in [0.15, 0.2) is 0 Å². The summed E-state index contributed by atoms with van der Waals surface area (Å²) in [5.74, 6) is -0.911. The molecule has 2 aromatic carbocycles. The van der Waals surface area contributed by atoms with Crippen molar-refractivity contribution in [3.05, 3.63) is 48.0 Å². The van der Waals surface area contributed by atoms with Crippen molar-refractivity contribution < 1.29 is 9.90 Å². The first kappa shape index (κ1) is 13.1. The molecule has 0 amide bonds. The van der Waals surface area contributed by atoms with E-state index in [9.17, 15) is 4.79 Å². The van der Waals surface area contributed by atoms with E-state index in [4.69, 9.17) is 5.11 Å². The number of fused-ring (bicyclic) bond motifs is 1. The van der Waals surface area contributed by atoms with E-state index in [1.807, 2.05) is 24.5 Å². The van der Waals surface area contributed by atoms with Gasteiger partial charge in [0.2, 0.25) is 0 Å². The number of nitrogens with zero attached hydrogens (tertiary/aromatic N) is 1. The zero-order chi connectivity index (χ0) is 14.1. The number of aromatic nitrogens is 1. The Balaban J connectivity index is 2.15. The van der Waals surface area contributed by atoms with Crippen LogP contribution in [0.3, 0.4) is 0 Å². The Morgan fingerprint density at radius 1 is 1.25 bits per heavy atom. The summed E-state index contributed by atoms with van der Waals surface area (Å²) in [6.07, 6.45) is 2.04. The number of rotatable bonds is 3. The molecule has 0 aliphatic heterocycles. The summed E-state index contributed by atoms with van der Waals surface area (Å²) >= 11 is 3.20. The molecule has 3 rings (SSSR count). The highest BCUT2D eigenvalue weighted by atomic mass is 32.2. The van der Waals surface area contributed by atoms with Crippen molar-refractivity contribution in [2.75, 3.05) is 6.26 Å². The van der Waals surface area contributed by atoms with E-state index < -0.39 is 5.97 Å². The van der Waals surface area contributed by atoms with Crippen LogP contribution in [0.15, 0.2) is 47.4 Å². The van der Waals surface area contributed by atoms with Crippen LogP contribution in [-0.2, 0) is 0 Å². The molecule has 1 N–H and O–H groups in total. The predicted octanol–water partition coefficient (Wildman–Crippen LogP) is 4.38. The van der Waals surface area contributed by atoms with Crippen LogP contribution in [0, 0.1) is 0 Å². The minimum Gasteiger partial charge on any atom is -0.478 e. The van der Waals surface area contributed by atoms with Crippen molar-refractivity contribution in [1.82, 2.24) is 4.98 Å². The van der Waals surface area contributed by atoms with Crippen molar-refractivity contribution >= 4 is 39.3 Å². The lowest BCUT2D eigenvalue weighted by atomic mass is 10.2. The number of thiazole rings is 1. The first-order valence-corrected chi connectivity index (χ1v) is 8.00. The average Bonchev–Trinajstić information content (AvgIpc) is 2.89. The molecule has 0 bridgehead atoms. The first-order valence-electron chi connectivity index (χ1n) is 5.96. The van der Waals surface area contributed by atoms with Gasteiger partial charge in [0.1, 0.15) is 5.01 Å². The maximum absolute atomic E-state index is 11.0. The number of carboxylic acid groups (broad SMARTS) is 1. The fourth-order valence-corrected chi connectivity index (χ4v) is 3.70. The predicted molar refractivity (Wildman–Crippen MR) is 83.8 cm³/mol. The van der Waals surface area contributed by atoms with Gasteiger partial charge in [-0.25, -0.2) is 9.78 Å². The monoisotopic (exact) mass is 301 g/mol. The van der Waals surface area contributed by atoms with Gasteiger partial charge >= 0.3 is 5.97 Å². The topological polar surface area (TPSA) is 50.2 Å². The molecule has 3 nitrogen and oxygen atoms in total. The Morgan fingerprint density at radius 3 is 2.80 bits per heavy atom. The largest absolute Gasteiger partial charge is 0.478 e. The molecule has 1 heterocycles. The fourth-order valence-electron chi connectivity index (χ4n) is 1.99. The molecule has 0 saturated carbocycles. The number of benzene rings is 2. The van der Waals surface area contributed by atoms with Crippen LogP contribution >= 0.6 is 23.1 Å². The highest BCUT2D eigenvalue weighted by Crippen LogP contribution is 2.35.